The number of amides is 1. The van der Waals surface area contributed by atoms with Crippen LogP contribution in [0.5, 0.6) is 0 Å². The van der Waals surface area contributed by atoms with Gasteiger partial charge in [-0.15, -0.1) is 0 Å². The van der Waals surface area contributed by atoms with Crippen molar-refractivity contribution in [3.63, 3.8) is 0 Å². The molecule has 1 aliphatic rings. The largest absolute Gasteiger partial charge is 0.350 e. The highest BCUT2D eigenvalue weighted by Gasteiger charge is 2.16. The maximum Gasteiger partial charge on any atom is 0.272 e. The van der Waals surface area contributed by atoms with E-state index >= 15 is 0 Å². The number of nitrogens with zero attached hydrogens (tertiary/aromatic N) is 4. The lowest BCUT2D eigenvalue weighted by molar-refractivity contribution is 0.0949. The fourth-order valence-electron chi connectivity index (χ4n) is 2.77. The van der Waals surface area contributed by atoms with Gasteiger partial charge in [-0.25, -0.2) is 9.97 Å². The number of aryl methyl sites for hydroxylation is 3. The number of hydrogen-bond donors (Lipinski definition) is 1. The third kappa shape index (κ3) is 3.14. The van der Waals surface area contributed by atoms with E-state index in [1.54, 1.807) is 6.92 Å². The fraction of sp³-hybridized carbons (Fsp3) is 0.533. The first-order valence-corrected chi connectivity index (χ1v) is 8.31. The maximum absolute atomic E-state index is 12.0. The molecule has 0 unspecified atom stereocenters. The Morgan fingerprint density at radius 3 is 2.73 bits per heavy atom. The highest BCUT2D eigenvalue weighted by atomic mass is 32.1. The van der Waals surface area contributed by atoms with E-state index in [1.165, 1.54) is 24.1 Å². The molecule has 0 saturated heterocycles. The van der Waals surface area contributed by atoms with Gasteiger partial charge in [-0.3, -0.25) is 4.79 Å². The summed E-state index contributed by atoms with van der Waals surface area (Å²) in [5.41, 5.74) is 4.68. The number of rotatable bonds is 4. The fourth-order valence-corrected chi connectivity index (χ4v) is 3.31. The van der Waals surface area contributed by atoms with Gasteiger partial charge in [0, 0.05) is 24.4 Å². The number of aromatic nitrogens is 4. The maximum atomic E-state index is 12.0. The van der Waals surface area contributed by atoms with Crippen molar-refractivity contribution in [2.24, 2.45) is 0 Å². The second-order valence-corrected chi connectivity index (χ2v) is 6.09. The predicted octanol–water partition coefficient (Wildman–Crippen LogP) is 1.80. The second-order valence-electron chi connectivity index (χ2n) is 5.56. The van der Waals surface area contributed by atoms with E-state index in [0.29, 0.717) is 24.4 Å². The molecule has 0 spiro atoms. The summed E-state index contributed by atoms with van der Waals surface area (Å²) < 4.78 is 8.01. The Bertz CT molecular complexity index is 697. The first-order valence-electron chi connectivity index (χ1n) is 7.58. The molecule has 0 bridgehead atoms. The lowest BCUT2D eigenvalue weighted by Gasteiger charge is -2.17. The first kappa shape index (κ1) is 15.0. The highest BCUT2D eigenvalue weighted by Crippen LogP contribution is 2.21. The third-order valence-corrected chi connectivity index (χ3v) is 4.56. The van der Waals surface area contributed by atoms with E-state index in [2.05, 4.69) is 31.0 Å². The molecule has 1 amide bonds. The van der Waals surface area contributed by atoms with Gasteiger partial charge in [-0.1, -0.05) is 0 Å². The predicted molar refractivity (Wildman–Crippen MR) is 84.1 cm³/mol. The first-order chi connectivity index (χ1) is 10.6. The smallest absolute Gasteiger partial charge is 0.272 e. The average molecular weight is 317 g/mol. The van der Waals surface area contributed by atoms with Crippen LogP contribution in [-0.2, 0) is 19.3 Å². The molecule has 1 aliphatic carbocycles. The lowest BCUT2D eigenvalue weighted by atomic mass is 9.95. The molecule has 2 heterocycles. The van der Waals surface area contributed by atoms with Crippen molar-refractivity contribution in [2.45, 2.75) is 46.0 Å². The van der Waals surface area contributed by atoms with E-state index in [0.717, 1.165) is 36.1 Å². The molecule has 0 atom stereocenters. The standard InChI is InChI=1S/C15H19N5OS/c1-9-11-5-3-4-6-12(11)18-13(17-9)7-8-16-15(21)14-10(2)19-22-20-14/h3-8H2,1-2H3,(H,16,21). The molecule has 2 aromatic rings. The quantitative estimate of drug-likeness (QED) is 0.930. The molecular weight excluding hydrogens is 298 g/mol. The summed E-state index contributed by atoms with van der Waals surface area (Å²) >= 11 is 1.06. The van der Waals surface area contributed by atoms with Crippen molar-refractivity contribution in [3.8, 4) is 0 Å². The molecular formula is C15H19N5OS. The van der Waals surface area contributed by atoms with Crippen LogP contribution in [0.2, 0.25) is 0 Å². The number of hydrogen-bond acceptors (Lipinski definition) is 6. The van der Waals surface area contributed by atoms with Crippen LogP contribution in [0, 0.1) is 13.8 Å². The summed E-state index contributed by atoms with van der Waals surface area (Å²) in [5.74, 6) is 0.632. The Morgan fingerprint density at radius 1 is 1.14 bits per heavy atom. The molecule has 22 heavy (non-hydrogen) atoms. The van der Waals surface area contributed by atoms with E-state index in [-0.39, 0.29) is 5.91 Å². The molecule has 3 rings (SSSR count). The molecule has 0 fully saturated rings. The minimum Gasteiger partial charge on any atom is -0.350 e. The molecule has 0 aliphatic heterocycles. The Hall–Kier alpha value is -1.89. The lowest BCUT2D eigenvalue weighted by Crippen LogP contribution is -2.27. The Morgan fingerprint density at radius 2 is 1.95 bits per heavy atom. The zero-order chi connectivity index (χ0) is 15.5. The monoisotopic (exact) mass is 317 g/mol. The van der Waals surface area contributed by atoms with Gasteiger partial charge in [0.2, 0.25) is 0 Å². The summed E-state index contributed by atoms with van der Waals surface area (Å²) in [6, 6.07) is 0. The minimum absolute atomic E-state index is 0.180. The van der Waals surface area contributed by atoms with Crippen molar-refractivity contribution in [2.75, 3.05) is 6.54 Å². The summed E-state index contributed by atoms with van der Waals surface area (Å²) in [6.07, 6.45) is 5.20. The van der Waals surface area contributed by atoms with Crippen LogP contribution in [-0.4, -0.2) is 31.2 Å². The van der Waals surface area contributed by atoms with Crippen LogP contribution in [0.1, 0.15) is 51.8 Å². The van der Waals surface area contributed by atoms with Gasteiger partial charge in [-0.05, 0) is 45.1 Å². The number of fused-ring (bicyclic) bond motifs is 1. The SMILES string of the molecule is Cc1nsnc1C(=O)NCCc1nc(C)c2c(n1)CCCC2. The molecule has 0 radical (unpaired) electrons. The zero-order valence-corrected chi connectivity index (χ0v) is 13.7. The van der Waals surface area contributed by atoms with Crippen molar-refractivity contribution in [3.05, 3.63) is 34.2 Å². The third-order valence-electron chi connectivity index (χ3n) is 3.94. The van der Waals surface area contributed by atoms with Crippen molar-refractivity contribution in [1.82, 2.24) is 24.0 Å². The molecule has 2 aromatic heterocycles. The van der Waals surface area contributed by atoms with Gasteiger partial charge in [0.1, 0.15) is 5.82 Å². The van der Waals surface area contributed by atoms with E-state index in [1.807, 2.05) is 0 Å². The zero-order valence-electron chi connectivity index (χ0n) is 12.8. The molecule has 0 aromatic carbocycles. The minimum atomic E-state index is -0.180. The van der Waals surface area contributed by atoms with Crippen LogP contribution in [0.25, 0.3) is 0 Å². The molecule has 6 nitrogen and oxygen atoms in total. The average Bonchev–Trinajstić information content (AvgIpc) is 2.93. The Labute approximate surface area is 133 Å². The van der Waals surface area contributed by atoms with Gasteiger partial charge in [0.15, 0.2) is 5.69 Å². The van der Waals surface area contributed by atoms with Gasteiger partial charge >= 0.3 is 0 Å². The number of carbonyl (C=O) groups excluding carboxylic acids is 1. The van der Waals surface area contributed by atoms with Crippen molar-refractivity contribution < 1.29 is 4.79 Å². The summed E-state index contributed by atoms with van der Waals surface area (Å²) in [7, 11) is 0. The van der Waals surface area contributed by atoms with Crippen molar-refractivity contribution >= 4 is 17.6 Å². The molecule has 7 heteroatoms. The Kier molecular flexibility index (Phi) is 4.42. The topological polar surface area (TPSA) is 80.7 Å². The number of nitrogens with one attached hydrogen (secondary N) is 1. The summed E-state index contributed by atoms with van der Waals surface area (Å²) in [4.78, 5) is 21.2. The normalized spacial score (nSPS) is 13.7. The van der Waals surface area contributed by atoms with Crippen LogP contribution in [0.4, 0.5) is 0 Å². The molecule has 0 saturated carbocycles. The highest BCUT2D eigenvalue weighted by molar-refractivity contribution is 6.99. The van der Waals surface area contributed by atoms with Gasteiger partial charge in [0.05, 0.1) is 17.4 Å². The summed E-state index contributed by atoms with van der Waals surface area (Å²) in [6.45, 7) is 4.35. The summed E-state index contributed by atoms with van der Waals surface area (Å²) in [5, 5.41) is 2.86. The van der Waals surface area contributed by atoms with Crippen LogP contribution in [0.15, 0.2) is 0 Å². The van der Waals surface area contributed by atoms with Crippen molar-refractivity contribution in [1.29, 1.82) is 0 Å². The van der Waals surface area contributed by atoms with Crippen LogP contribution < -0.4 is 5.32 Å². The van der Waals surface area contributed by atoms with E-state index in [4.69, 9.17) is 0 Å². The number of carbonyl (C=O) groups is 1. The van der Waals surface area contributed by atoms with Gasteiger partial charge < -0.3 is 5.32 Å². The van der Waals surface area contributed by atoms with Gasteiger partial charge in [0.25, 0.3) is 5.91 Å². The molecule has 116 valence electrons. The van der Waals surface area contributed by atoms with Gasteiger partial charge in [-0.2, -0.15) is 8.75 Å². The van der Waals surface area contributed by atoms with E-state index in [9.17, 15) is 4.79 Å². The molecule has 1 N–H and O–H groups in total. The second kappa shape index (κ2) is 6.48. The van der Waals surface area contributed by atoms with E-state index < -0.39 is 0 Å². The van der Waals surface area contributed by atoms with Crippen LogP contribution >= 0.6 is 11.7 Å². The van der Waals surface area contributed by atoms with Crippen LogP contribution in [0.3, 0.4) is 0 Å². The Balaban J connectivity index is 1.61.